The topological polar surface area (TPSA) is 32.3 Å². The quantitative estimate of drug-likeness (QED) is 0.841. The van der Waals surface area contributed by atoms with Crippen molar-refractivity contribution in [2.75, 3.05) is 0 Å². The second-order valence-electron chi connectivity index (χ2n) is 5.41. The lowest BCUT2D eigenvalue weighted by Gasteiger charge is -2.25. The van der Waals surface area contributed by atoms with Gasteiger partial charge in [-0.2, -0.15) is 0 Å². The third-order valence-electron chi connectivity index (χ3n) is 3.41. The molecule has 0 bridgehead atoms. The molecular formula is C18H23NO. The van der Waals surface area contributed by atoms with Crippen LogP contribution in [0.25, 0.3) is 0 Å². The molecule has 2 unspecified atom stereocenters. The summed E-state index contributed by atoms with van der Waals surface area (Å²) < 4.78 is 0. The number of aliphatic hydroxyl groups excluding tert-OH is 1. The third-order valence-corrected chi connectivity index (χ3v) is 3.41. The van der Waals surface area contributed by atoms with E-state index >= 15 is 0 Å². The van der Waals surface area contributed by atoms with Gasteiger partial charge in [0.1, 0.15) is 0 Å². The molecule has 20 heavy (non-hydrogen) atoms. The summed E-state index contributed by atoms with van der Waals surface area (Å²) in [6.07, 6.45) is 0.459. The Morgan fingerprint density at radius 1 is 0.850 bits per heavy atom. The van der Waals surface area contributed by atoms with Gasteiger partial charge in [-0.1, -0.05) is 60.7 Å². The molecule has 2 aromatic carbocycles. The molecule has 0 saturated heterocycles. The van der Waals surface area contributed by atoms with Gasteiger partial charge in [-0.25, -0.2) is 0 Å². The van der Waals surface area contributed by atoms with E-state index in [2.05, 4.69) is 60.8 Å². The van der Waals surface area contributed by atoms with E-state index in [-0.39, 0.29) is 18.2 Å². The Morgan fingerprint density at radius 2 is 1.30 bits per heavy atom. The summed E-state index contributed by atoms with van der Waals surface area (Å²) in [7, 11) is 0. The molecule has 0 aliphatic rings. The van der Waals surface area contributed by atoms with E-state index < -0.39 is 0 Å². The highest BCUT2D eigenvalue weighted by Gasteiger charge is 2.16. The lowest BCUT2D eigenvalue weighted by atomic mass is 9.97. The number of nitrogens with one attached hydrogen (secondary N) is 1. The summed E-state index contributed by atoms with van der Waals surface area (Å²) >= 11 is 0. The van der Waals surface area contributed by atoms with E-state index in [9.17, 15) is 5.11 Å². The van der Waals surface area contributed by atoms with Gasteiger partial charge in [-0.3, -0.25) is 0 Å². The van der Waals surface area contributed by atoms with E-state index in [0.29, 0.717) is 0 Å². The van der Waals surface area contributed by atoms with E-state index in [1.54, 1.807) is 0 Å². The zero-order valence-electron chi connectivity index (χ0n) is 12.2. The maximum Gasteiger partial charge on any atom is 0.0578 e. The number of hydrogen-bond acceptors (Lipinski definition) is 2. The number of aliphatic hydroxyl groups is 1. The number of benzene rings is 2. The molecular weight excluding hydrogens is 246 g/mol. The average Bonchev–Trinajstić information content (AvgIpc) is 2.46. The molecule has 2 aromatic rings. The lowest BCUT2D eigenvalue weighted by molar-refractivity contribution is 0.169. The molecule has 106 valence electrons. The molecule has 0 fully saturated rings. The normalized spacial score (nSPS) is 14.2. The maximum atomic E-state index is 9.54. The maximum absolute atomic E-state index is 9.54. The van der Waals surface area contributed by atoms with Gasteiger partial charge >= 0.3 is 0 Å². The first-order chi connectivity index (χ1) is 9.66. The fourth-order valence-electron chi connectivity index (χ4n) is 2.54. The molecule has 0 aliphatic carbocycles. The van der Waals surface area contributed by atoms with Crippen LogP contribution < -0.4 is 5.32 Å². The average molecular weight is 269 g/mol. The van der Waals surface area contributed by atoms with Crippen molar-refractivity contribution in [3.8, 4) is 0 Å². The monoisotopic (exact) mass is 269 g/mol. The first-order valence-electron chi connectivity index (χ1n) is 7.21. The standard InChI is InChI=1S/C18H23NO/c1-14(13-15(2)20)19-18(16-9-5-3-6-10-16)17-11-7-4-8-12-17/h3-12,14-15,18-20H,13H2,1-2H3. The van der Waals surface area contributed by atoms with Gasteiger partial charge in [0.25, 0.3) is 0 Å². The van der Waals surface area contributed by atoms with Gasteiger partial charge in [0.15, 0.2) is 0 Å². The van der Waals surface area contributed by atoms with Crippen molar-refractivity contribution >= 4 is 0 Å². The summed E-state index contributed by atoms with van der Waals surface area (Å²) in [5.74, 6) is 0. The van der Waals surface area contributed by atoms with Crippen molar-refractivity contribution < 1.29 is 5.11 Å². The molecule has 0 spiro atoms. The first kappa shape index (κ1) is 14.8. The predicted molar refractivity (Wildman–Crippen MR) is 83.6 cm³/mol. The zero-order valence-corrected chi connectivity index (χ0v) is 12.2. The van der Waals surface area contributed by atoms with Crippen LogP contribution >= 0.6 is 0 Å². The van der Waals surface area contributed by atoms with Crippen molar-refractivity contribution in [3.05, 3.63) is 71.8 Å². The Kier molecular flexibility index (Phi) is 5.33. The van der Waals surface area contributed by atoms with Crippen LogP contribution in [0.1, 0.15) is 37.4 Å². The smallest absolute Gasteiger partial charge is 0.0578 e. The summed E-state index contributed by atoms with van der Waals surface area (Å²) in [4.78, 5) is 0. The molecule has 2 N–H and O–H groups in total. The van der Waals surface area contributed by atoms with Crippen LogP contribution in [0.15, 0.2) is 60.7 Å². The number of hydrogen-bond donors (Lipinski definition) is 2. The van der Waals surface area contributed by atoms with Gasteiger partial charge in [-0.05, 0) is 31.4 Å². The Labute approximate surface area is 121 Å². The zero-order chi connectivity index (χ0) is 14.4. The minimum Gasteiger partial charge on any atom is -0.393 e. The fourth-order valence-corrected chi connectivity index (χ4v) is 2.54. The fraction of sp³-hybridized carbons (Fsp3) is 0.333. The van der Waals surface area contributed by atoms with Crippen molar-refractivity contribution in [2.24, 2.45) is 0 Å². The Balaban J connectivity index is 2.21. The molecule has 0 amide bonds. The van der Waals surface area contributed by atoms with Crippen LogP contribution in [0.2, 0.25) is 0 Å². The highest BCUT2D eigenvalue weighted by molar-refractivity contribution is 5.31. The summed E-state index contributed by atoms with van der Waals surface area (Å²) in [6, 6.07) is 21.3. The molecule has 0 aromatic heterocycles. The van der Waals surface area contributed by atoms with Gasteiger partial charge < -0.3 is 10.4 Å². The van der Waals surface area contributed by atoms with Crippen molar-refractivity contribution in [1.82, 2.24) is 5.32 Å². The molecule has 2 heteroatoms. The van der Waals surface area contributed by atoms with Gasteiger partial charge in [0.2, 0.25) is 0 Å². The van der Waals surface area contributed by atoms with E-state index in [1.165, 1.54) is 11.1 Å². The Morgan fingerprint density at radius 3 is 1.70 bits per heavy atom. The predicted octanol–water partition coefficient (Wildman–Crippen LogP) is 3.53. The van der Waals surface area contributed by atoms with Gasteiger partial charge in [-0.15, -0.1) is 0 Å². The molecule has 0 heterocycles. The summed E-state index contributed by atoms with van der Waals surface area (Å²) in [5, 5.41) is 13.2. The van der Waals surface area contributed by atoms with Gasteiger partial charge in [0.05, 0.1) is 12.1 Å². The van der Waals surface area contributed by atoms with Crippen LogP contribution in [0.3, 0.4) is 0 Å². The Bertz CT molecular complexity index is 456. The Hall–Kier alpha value is -1.64. The largest absolute Gasteiger partial charge is 0.393 e. The molecule has 0 aliphatic heterocycles. The van der Waals surface area contributed by atoms with Crippen LogP contribution in [0, 0.1) is 0 Å². The molecule has 0 saturated carbocycles. The van der Waals surface area contributed by atoms with Crippen LogP contribution in [0.4, 0.5) is 0 Å². The summed E-state index contributed by atoms with van der Waals surface area (Å²) in [5.41, 5.74) is 2.49. The molecule has 2 atom stereocenters. The molecule has 2 rings (SSSR count). The lowest BCUT2D eigenvalue weighted by Crippen LogP contribution is -2.33. The second kappa shape index (κ2) is 7.22. The van der Waals surface area contributed by atoms with Crippen molar-refractivity contribution in [1.29, 1.82) is 0 Å². The van der Waals surface area contributed by atoms with Gasteiger partial charge in [0, 0.05) is 6.04 Å². The first-order valence-corrected chi connectivity index (χ1v) is 7.21. The number of rotatable bonds is 6. The highest BCUT2D eigenvalue weighted by atomic mass is 16.3. The minimum atomic E-state index is -0.287. The third kappa shape index (κ3) is 4.19. The van der Waals surface area contributed by atoms with E-state index in [0.717, 1.165) is 6.42 Å². The molecule has 2 nitrogen and oxygen atoms in total. The minimum absolute atomic E-state index is 0.158. The van der Waals surface area contributed by atoms with E-state index in [1.807, 2.05) is 19.1 Å². The molecule has 0 radical (unpaired) electrons. The van der Waals surface area contributed by atoms with E-state index in [4.69, 9.17) is 0 Å². The second-order valence-corrected chi connectivity index (χ2v) is 5.41. The summed E-state index contributed by atoms with van der Waals surface area (Å²) in [6.45, 7) is 3.95. The SMILES string of the molecule is CC(O)CC(C)NC(c1ccccc1)c1ccccc1. The van der Waals surface area contributed by atoms with Crippen LogP contribution in [0.5, 0.6) is 0 Å². The van der Waals surface area contributed by atoms with Crippen LogP contribution in [-0.2, 0) is 0 Å². The van der Waals surface area contributed by atoms with Crippen molar-refractivity contribution in [3.63, 3.8) is 0 Å². The van der Waals surface area contributed by atoms with Crippen LogP contribution in [-0.4, -0.2) is 17.3 Å². The highest BCUT2D eigenvalue weighted by Crippen LogP contribution is 2.22. The van der Waals surface area contributed by atoms with Crippen molar-refractivity contribution in [2.45, 2.75) is 38.5 Å².